The van der Waals surface area contributed by atoms with E-state index in [0.29, 0.717) is 25.0 Å². The lowest BCUT2D eigenvalue weighted by Gasteiger charge is -2.32. The third-order valence-corrected chi connectivity index (χ3v) is 4.56. The summed E-state index contributed by atoms with van der Waals surface area (Å²) in [6.07, 6.45) is 5.25. The Labute approximate surface area is 153 Å². The van der Waals surface area contributed by atoms with Crippen molar-refractivity contribution in [1.82, 2.24) is 15.3 Å². The lowest BCUT2D eigenvalue weighted by Crippen LogP contribution is -2.44. The average molecular weight is 356 g/mol. The predicted molar refractivity (Wildman–Crippen MR) is 100 cm³/mol. The first kappa shape index (κ1) is 18.3. The molecule has 26 heavy (non-hydrogen) atoms. The minimum absolute atomic E-state index is 0.0333. The van der Waals surface area contributed by atoms with Crippen LogP contribution in [0.15, 0.2) is 36.7 Å². The summed E-state index contributed by atoms with van der Waals surface area (Å²) < 4.78 is 13.4. The Hall–Kier alpha value is -2.50. The minimum atomic E-state index is -0.280. The van der Waals surface area contributed by atoms with E-state index in [2.05, 4.69) is 34.0 Å². The van der Waals surface area contributed by atoms with Gasteiger partial charge in [0, 0.05) is 37.6 Å². The topological polar surface area (TPSA) is 58.1 Å². The third-order valence-electron chi connectivity index (χ3n) is 4.56. The lowest BCUT2D eigenvalue weighted by atomic mass is 9.97. The number of carbonyl (C=O) groups is 1. The van der Waals surface area contributed by atoms with Crippen LogP contribution in [0.4, 0.5) is 10.3 Å². The minimum Gasteiger partial charge on any atom is -0.356 e. The van der Waals surface area contributed by atoms with Crippen molar-refractivity contribution in [2.24, 2.45) is 11.8 Å². The molecule has 1 aliphatic rings. The molecule has 138 valence electrons. The number of rotatable bonds is 5. The highest BCUT2D eigenvalue weighted by molar-refractivity contribution is 5.79. The maximum absolute atomic E-state index is 13.4. The van der Waals surface area contributed by atoms with Crippen LogP contribution in [0.25, 0.3) is 11.1 Å². The molecule has 2 aromatic rings. The average Bonchev–Trinajstić information content (AvgIpc) is 2.66. The molecule has 1 aliphatic heterocycles. The fourth-order valence-electron chi connectivity index (χ4n) is 3.12. The van der Waals surface area contributed by atoms with Gasteiger partial charge in [0.2, 0.25) is 11.9 Å². The number of carbonyl (C=O) groups excluding carboxylic acids is 1. The first-order valence-corrected chi connectivity index (χ1v) is 9.13. The Balaban J connectivity index is 1.66. The van der Waals surface area contributed by atoms with Gasteiger partial charge in [0.25, 0.3) is 0 Å². The molecule has 1 amide bonds. The standard InChI is InChI=1S/C20H25FN4O/c1-14(2)10-22-19(26)16-6-4-8-25(13-16)20-23-11-17(12-24-20)15-5-3-7-18(21)9-15/h3,5,7,9,11-12,14,16H,4,6,8,10,13H2,1-2H3,(H,22,26). The zero-order valence-electron chi connectivity index (χ0n) is 15.3. The summed E-state index contributed by atoms with van der Waals surface area (Å²) >= 11 is 0. The lowest BCUT2D eigenvalue weighted by molar-refractivity contribution is -0.125. The van der Waals surface area contributed by atoms with E-state index in [1.807, 2.05) is 6.07 Å². The number of hydrogen-bond acceptors (Lipinski definition) is 4. The fraction of sp³-hybridized carbons (Fsp3) is 0.450. The van der Waals surface area contributed by atoms with Gasteiger partial charge in [-0.25, -0.2) is 14.4 Å². The summed E-state index contributed by atoms with van der Waals surface area (Å²) in [5, 5.41) is 3.02. The molecule has 0 radical (unpaired) electrons. The van der Waals surface area contributed by atoms with Crippen molar-refractivity contribution in [2.45, 2.75) is 26.7 Å². The van der Waals surface area contributed by atoms with E-state index < -0.39 is 0 Å². The van der Waals surface area contributed by atoms with Crippen molar-refractivity contribution in [2.75, 3.05) is 24.5 Å². The van der Waals surface area contributed by atoms with Crippen molar-refractivity contribution < 1.29 is 9.18 Å². The largest absolute Gasteiger partial charge is 0.356 e. The van der Waals surface area contributed by atoms with E-state index in [0.717, 1.165) is 30.5 Å². The molecule has 0 saturated carbocycles. The second-order valence-electron chi connectivity index (χ2n) is 7.21. The molecule has 5 nitrogen and oxygen atoms in total. The number of anilines is 1. The number of benzene rings is 1. The number of hydrogen-bond donors (Lipinski definition) is 1. The van der Waals surface area contributed by atoms with Crippen LogP contribution in [0.1, 0.15) is 26.7 Å². The first-order valence-electron chi connectivity index (χ1n) is 9.13. The summed E-state index contributed by atoms with van der Waals surface area (Å²) in [6.45, 7) is 6.34. The molecule has 1 aromatic carbocycles. The molecule has 1 aromatic heterocycles. The summed E-state index contributed by atoms with van der Waals surface area (Å²) in [7, 11) is 0. The van der Waals surface area contributed by atoms with Crippen LogP contribution in [-0.2, 0) is 4.79 Å². The molecular weight excluding hydrogens is 331 g/mol. The summed E-state index contributed by atoms with van der Waals surface area (Å²) in [5.74, 6) is 0.857. The van der Waals surface area contributed by atoms with Crippen molar-refractivity contribution >= 4 is 11.9 Å². The van der Waals surface area contributed by atoms with Gasteiger partial charge in [-0.15, -0.1) is 0 Å². The number of nitrogens with one attached hydrogen (secondary N) is 1. The van der Waals surface area contributed by atoms with Crippen molar-refractivity contribution in [3.8, 4) is 11.1 Å². The maximum Gasteiger partial charge on any atom is 0.225 e. The molecule has 2 heterocycles. The van der Waals surface area contributed by atoms with Crippen LogP contribution in [0.5, 0.6) is 0 Å². The van der Waals surface area contributed by atoms with Crippen molar-refractivity contribution in [3.63, 3.8) is 0 Å². The van der Waals surface area contributed by atoms with Gasteiger partial charge >= 0.3 is 0 Å². The van der Waals surface area contributed by atoms with Gasteiger partial charge < -0.3 is 10.2 Å². The Morgan fingerprint density at radius 2 is 2.08 bits per heavy atom. The van der Waals surface area contributed by atoms with E-state index >= 15 is 0 Å². The Morgan fingerprint density at radius 3 is 2.77 bits per heavy atom. The predicted octanol–water partition coefficient (Wildman–Crippen LogP) is 3.27. The van der Waals surface area contributed by atoms with Gasteiger partial charge in [0.15, 0.2) is 0 Å². The van der Waals surface area contributed by atoms with Gasteiger partial charge in [-0.3, -0.25) is 4.79 Å². The Bertz CT molecular complexity index is 748. The molecule has 1 atom stereocenters. The highest BCUT2D eigenvalue weighted by Crippen LogP contribution is 2.23. The SMILES string of the molecule is CC(C)CNC(=O)C1CCCN(c2ncc(-c3cccc(F)c3)cn2)C1. The normalized spacial score (nSPS) is 17.4. The molecule has 1 saturated heterocycles. The number of nitrogens with zero attached hydrogens (tertiary/aromatic N) is 3. The quantitative estimate of drug-likeness (QED) is 0.893. The molecule has 1 fully saturated rings. The van der Waals surface area contributed by atoms with Gasteiger partial charge in [0.05, 0.1) is 5.92 Å². The second kappa shape index (κ2) is 8.25. The highest BCUT2D eigenvalue weighted by atomic mass is 19.1. The van der Waals surface area contributed by atoms with Crippen LogP contribution in [-0.4, -0.2) is 35.5 Å². The molecular formula is C20H25FN4O. The molecule has 0 aliphatic carbocycles. The number of piperidine rings is 1. The first-order chi connectivity index (χ1) is 12.5. The summed E-state index contributed by atoms with van der Waals surface area (Å²) in [5.41, 5.74) is 1.53. The fourth-order valence-corrected chi connectivity index (χ4v) is 3.12. The second-order valence-corrected chi connectivity index (χ2v) is 7.21. The molecule has 3 rings (SSSR count). The number of halogens is 1. The van der Waals surface area contributed by atoms with Crippen molar-refractivity contribution in [3.05, 3.63) is 42.5 Å². The molecule has 6 heteroatoms. The van der Waals surface area contributed by atoms with Gasteiger partial charge in [0.1, 0.15) is 5.82 Å². The maximum atomic E-state index is 13.4. The molecule has 0 spiro atoms. The monoisotopic (exact) mass is 356 g/mol. The van der Waals surface area contributed by atoms with Crippen LogP contribution >= 0.6 is 0 Å². The zero-order valence-corrected chi connectivity index (χ0v) is 15.3. The van der Waals surface area contributed by atoms with Crippen LogP contribution in [0.2, 0.25) is 0 Å². The molecule has 1 N–H and O–H groups in total. The number of amides is 1. The highest BCUT2D eigenvalue weighted by Gasteiger charge is 2.27. The molecule has 1 unspecified atom stereocenters. The number of aromatic nitrogens is 2. The van der Waals surface area contributed by atoms with Crippen LogP contribution in [0.3, 0.4) is 0 Å². The van der Waals surface area contributed by atoms with E-state index in [-0.39, 0.29) is 17.6 Å². The van der Waals surface area contributed by atoms with Gasteiger partial charge in [-0.1, -0.05) is 26.0 Å². The smallest absolute Gasteiger partial charge is 0.225 e. The van der Waals surface area contributed by atoms with Crippen LogP contribution < -0.4 is 10.2 Å². The van der Waals surface area contributed by atoms with E-state index in [4.69, 9.17) is 0 Å². The van der Waals surface area contributed by atoms with E-state index in [1.54, 1.807) is 18.5 Å². The van der Waals surface area contributed by atoms with E-state index in [1.165, 1.54) is 12.1 Å². The summed E-state index contributed by atoms with van der Waals surface area (Å²) in [6, 6.07) is 6.38. The van der Waals surface area contributed by atoms with Gasteiger partial charge in [-0.05, 0) is 36.5 Å². The van der Waals surface area contributed by atoms with Gasteiger partial charge in [-0.2, -0.15) is 0 Å². The summed E-state index contributed by atoms with van der Waals surface area (Å²) in [4.78, 5) is 23.3. The Morgan fingerprint density at radius 1 is 1.31 bits per heavy atom. The zero-order chi connectivity index (χ0) is 18.5. The van der Waals surface area contributed by atoms with E-state index in [9.17, 15) is 9.18 Å². The molecule has 0 bridgehead atoms. The van der Waals surface area contributed by atoms with Crippen molar-refractivity contribution in [1.29, 1.82) is 0 Å². The Kier molecular flexibility index (Phi) is 5.81. The third kappa shape index (κ3) is 4.56. The van der Waals surface area contributed by atoms with Crippen LogP contribution in [0, 0.1) is 17.7 Å².